The zero-order valence-electron chi connectivity index (χ0n) is 14.1. The molecular weight excluding hydrogens is 390 g/mol. The predicted molar refractivity (Wildman–Crippen MR) is 96.4 cm³/mol. The minimum absolute atomic E-state index is 0.0824. The lowest BCUT2D eigenvalue weighted by molar-refractivity contribution is -0.117. The second kappa shape index (κ2) is 9.33. The summed E-state index contributed by atoms with van der Waals surface area (Å²) >= 11 is 3.35. The third kappa shape index (κ3) is 5.99. The van der Waals surface area contributed by atoms with Gasteiger partial charge in [0.2, 0.25) is 5.91 Å². The molecule has 2 rings (SSSR count). The zero-order chi connectivity index (χ0) is 18.2. The van der Waals surface area contributed by atoms with Crippen LogP contribution >= 0.6 is 15.9 Å². The maximum absolute atomic E-state index is 12.7. The molecule has 25 heavy (non-hydrogen) atoms. The Bertz CT molecular complexity index is 732. The maximum atomic E-state index is 12.7. The SMILES string of the molecule is COCCCN(CC(=O)Nc1cc(C)on1)C(=O)c1cccc(Br)c1. The van der Waals surface area contributed by atoms with Gasteiger partial charge in [0, 0.05) is 36.4 Å². The molecule has 0 atom stereocenters. The van der Waals surface area contributed by atoms with Crippen LogP contribution in [-0.2, 0) is 9.53 Å². The summed E-state index contributed by atoms with van der Waals surface area (Å²) in [6.07, 6.45) is 0.632. The van der Waals surface area contributed by atoms with E-state index in [2.05, 4.69) is 26.4 Å². The van der Waals surface area contributed by atoms with Crippen molar-refractivity contribution >= 4 is 33.6 Å². The van der Waals surface area contributed by atoms with E-state index in [9.17, 15) is 9.59 Å². The van der Waals surface area contributed by atoms with Gasteiger partial charge in [-0.15, -0.1) is 0 Å². The predicted octanol–water partition coefficient (Wildman–Crippen LogP) is 2.86. The second-order valence-electron chi connectivity index (χ2n) is 5.45. The van der Waals surface area contributed by atoms with E-state index in [1.54, 1.807) is 38.3 Å². The van der Waals surface area contributed by atoms with Crippen LogP contribution in [0.25, 0.3) is 0 Å². The van der Waals surface area contributed by atoms with Gasteiger partial charge in [-0.3, -0.25) is 9.59 Å². The summed E-state index contributed by atoms with van der Waals surface area (Å²) in [5.74, 6) is 0.365. The topological polar surface area (TPSA) is 84.7 Å². The Morgan fingerprint density at radius 1 is 1.36 bits per heavy atom. The molecule has 0 aliphatic rings. The summed E-state index contributed by atoms with van der Waals surface area (Å²) in [4.78, 5) is 26.5. The van der Waals surface area contributed by atoms with Gasteiger partial charge in [0.15, 0.2) is 5.82 Å². The lowest BCUT2D eigenvalue weighted by atomic mass is 10.2. The van der Waals surface area contributed by atoms with Crippen LogP contribution in [0.2, 0.25) is 0 Å². The number of anilines is 1. The van der Waals surface area contributed by atoms with E-state index in [0.29, 0.717) is 36.7 Å². The van der Waals surface area contributed by atoms with Gasteiger partial charge in [0.05, 0.1) is 0 Å². The fourth-order valence-electron chi connectivity index (χ4n) is 2.24. The minimum atomic E-state index is -0.339. The Balaban J connectivity index is 2.06. The van der Waals surface area contributed by atoms with Crippen molar-refractivity contribution in [3.05, 3.63) is 46.1 Å². The van der Waals surface area contributed by atoms with E-state index in [4.69, 9.17) is 9.26 Å². The number of methoxy groups -OCH3 is 1. The lowest BCUT2D eigenvalue weighted by Gasteiger charge is -2.22. The van der Waals surface area contributed by atoms with Crippen LogP contribution in [0.5, 0.6) is 0 Å². The van der Waals surface area contributed by atoms with E-state index in [1.807, 2.05) is 6.07 Å². The summed E-state index contributed by atoms with van der Waals surface area (Å²) in [5, 5.41) is 6.34. The second-order valence-corrected chi connectivity index (χ2v) is 6.37. The van der Waals surface area contributed by atoms with Crippen LogP contribution in [0.15, 0.2) is 39.3 Å². The largest absolute Gasteiger partial charge is 0.385 e. The van der Waals surface area contributed by atoms with Crippen molar-refractivity contribution in [2.75, 3.05) is 32.1 Å². The zero-order valence-corrected chi connectivity index (χ0v) is 15.7. The highest BCUT2D eigenvalue weighted by Crippen LogP contribution is 2.14. The van der Waals surface area contributed by atoms with Gasteiger partial charge in [0.25, 0.3) is 5.91 Å². The molecule has 134 valence electrons. The Hall–Kier alpha value is -2.19. The van der Waals surface area contributed by atoms with Crippen LogP contribution < -0.4 is 5.32 Å². The molecule has 1 heterocycles. The number of hydrogen-bond acceptors (Lipinski definition) is 5. The van der Waals surface area contributed by atoms with Gasteiger partial charge < -0.3 is 19.5 Å². The van der Waals surface area contributed by atoms with E-state index in [1.165, 1.54) is 4.90 Å². The Labute approximate surface area is 154 Å². The van der Waals surface area contributed by atoms with Crippen molar-refractivity contribution in [1.29, 1.82) is 0 Å². The number of aryl methyl sites for hydroxylation is 1. The molecule has 1 N–H and O–H groups in total. The number of amides is 2. The Kier molecular flexibility index (Phi) is 7.15. The summed E-state index contributed by atoms with van der Waals surface area (Å²) < 4.78 is 10.7. The van der Waals surface area contributed by atoms with Crippen molar-refractivity contribution < 1.29 is 18.8 Å². The first-order chi connectivity index (χ1) is 12.0. The number of hydrogen-bond donors (Lipinski definition) is 1. The fraction of sp³-hybridized carbons (Fsp3) is 0.353. The van der Waals surface area contributed by atoms with E-state index in [-0.39, 0.29) is 18.4 Å². The first-order valence-corrected chi connectivity index (χ1v) is 8.56. The van der Waals surface area contributed by atoms with Gasteiger partial charge in [-0.2, -0.15) is 0 Å². The molecule has 0 aliphatic heterocycles. The van der Waals surface area contributed by atoms with Gasteiger partial charge in [-0.1, -0.05) is 27.2 Å². The average Bonchev–Trinajstić information content (AvgIpc) is 2.98. The van der Waals surface area contributed by atoms with Gasteiger partial charge in [0.1, 0.15) is 12.3 Å². The van der Waals surface area contributed by atoms with Crippen LogP contribution in [0.4, 0.5) is 5.82 Å². The fourth-order valence-corrected chi connectivity index (χ4v) is 2.64. The number of halogens is 1. The monoisotopic (exact) mass is 409 g/mol. The molecule has 1 aromatic heterocycles. The lowest BCUT2D eigenvalue weighted by Crippen LogP contribution is -2.39. The molecule has 0 saturated carbocycles. The molecule has 2 amide bonds. The maximum Gasteiger partial charge on any atom is 0.254 e. The summed E-state index contributed by atoms with van der Waals surface area (Å²) in [6.45, 7) is 2.56. The number of benzene rings is 1. The van der Waals surface area contributed by atoms with Gasteiger partial charge >= 0.3 is 0 Å². The molecule has 0 radical (unpaired) electrons. The van der Waals surface area contributed by atoms with Crippen molar-refractivity contribution in [3.8, 4) is 0 Å². The number of nitrogens with one attached hydrogen (secondary N) is 1. The average molecular weight is 410 g/mol. The molecule has 0 unspecified atom stereocenters. The summed E-state index contributed by atoms with van der Waals surface area (Å²) in [6, 6.07) is 8.68. The Morgan fingerprint density at radius 2 is 2.16 bits per heavy atom. The number of nitrogens with zero attached hydrogens (tertiary/aromatic N) is 2. The molecule has 0 bridgehead atoms. The minimum Gasteiger partial charge on any atom is -0.385 e. The molecule has 8 heteroatoms. The molecule has 2 aromatic rings. The van der Waals surface area contributed by atoms with Crippen LogP contribution in [0, 0.1) is 6.92 Å². The third-order valence-electron chi connectivity index (χ3n) is 3.37. The first-order valence-electron chi connectivity index (χ1n) is 7.76. The van der Waals surface area contributed by atoms with Crippen molar-refractivity contribution in [3.63, 3.8) is 0 Å². The highest BCUT2D eigenvalue weighted by atomic mass is 79.9. The van der Waals surface area contributed by atoms with Crippen LogP contribution in [0.1, 0.15) is 22.5 Å². The molecule has 1 aromatic carbocycles. The highest BCUT2D eigenvalue weighted by molar-refractivity contribution is 9.10. The molecule has 0 fully saturated rings. The van der Waals surface area contributed by atoms with E-state index in [0.717, 1.165) is 4.47 Å². The molecular formula is C17H20BrN3O4. The number of rotatable bonds is 8. The smallest absolute Gasteiger partial charge is 0.254 e. The van der Waals surface area contributed by atoms with Crippen LogP contribution in [-0.4, -0.2) is 48.7 Å². The number of carbonyl (C=O) groups excluding carboxylic acids is 2. The van der Waals surface area contributed by atoms with E-state index < -0.39 is 0 Å². The Morgan fingerprint density at radius 3 is 2.80 bits per heavy atom. The van der Waals surface area contributed by atoms with Crippen molar-refractivity contribution in [2.24, 2.45) is 0 Å². The normalized spacial score (nSPS) is 10.5. The van der Waals surface area contributed by atoms with Crippen molar-refractivity contribution in [1.82, 2.24) is 10.1 Å². The summed E-state index contributed by atoms with van der Waals surface area (Å²) in [7, 11) is 1.60. The molecule has 0 saturated heterocycles. The third-order valence-corrected chi connectivity index (χ3v) is 3.86. The highest BCUT2D eigenvalue weighted by Gasteiger charge is 2.19. The number of carbonyl (C=O) groups is 2. The first kappa shape index (κ1) is 19.1. The molecule has 0 aliphatic carbocycles. The quantitative estimate of drug-likeness (QED) is 0.677. The number of aromatic nitrogens is 1. The summed E-state index contributed by atoms with van der Waals surface area (Å²) in [5.41, 5.74) is 0.511. The molecule has 0 spiro atoms. The standard InChI is InChI=1S/C17H20BrN3O4/c1-12-9-15(20-25-12)19-16(22)11-21(7-4-8-24-2)17(23)13-5-3-6-14(18)10-13/h3,5-6,9-10H,4,7-8,11H2,1-2H3,(H,19,20,22). The van der Waals surface area contributed by atoms with E-state index >= 15 is 0 Å². The van der Waals surface area contributed by atoms with Gasteiger partial charge in [-0.25, -0.2) is 0 Å². The van der Waals surface area contributed by atoms with Crippen LogP contribution in [0.3, 0.4) is 0 Å². The van der Waals surface area contributed by atoms with Crippen molar-refractivity contribution in [2.45, 2.75) is 13.3 Å². The van der Waals surface area contributed by atoms with Gasteiger partial charge in [-0.05, 0) is 31.5 Å². The molecule has 7 nitrogen and oxygen atoms in total. The number of ether oxygens (including phenoxy) is 1.